The molecule has 0 aliphatic carbocycles. The van der Waals surface area contributed by atoms with Crippen molar-refractivity contribution in [1.82, 2.24) is 4.90 Å². The summed E-state index contributed by atoms with van der Waals surface area (Å²) in [6.07, 6.45) is 2.51. The molecule has 1 aliphatic rings. The number of benzene rings is 1. The highest BCUT2D eigenvalue weighted by atomic mass is 79.9. The van der Waals surface area contributed by atoms with Crippen molar-refractivity contribution in [2.24, 2.45) is 0 Å². The van der Waals surface area contributed by atoms with Crippen LogP contribution in [0.15, 0.2) is 39.5 Å². The van der Waals surface area contributed by atoms with Crippen molar-refractivity contribution in [1.29, 1.82) is 0 Å². The summed E-state index contributed by atoms with van der Waals surface area (Å²) in [7, 11) is 1.87. The number of halogens is 1. The van der Waals surface area contributed by atoms with Crippen LogP contribution in [0.5, 0.6) is 0 Å². The Labute approximate surface area is 143 Å². The Hall–Kier alpha value is -1.33. The lowest BCUT2D eigenvalue weighted by Crippen LogP contribution is -2.27. The van der Waals surface area contributed by atoms with Gasteiger partial charge >= 0.3 is 0 Å². The zero-order valence-corrected chi connectivity index (χ0v) is 15.0. The molecule has 22 heavy (non-hydrogen) atoms. The molecule has 0 spiro atoms. The molecule has 116 valence electrons. The second-order valence-electron chi connectivity index (χ2n) is 5.62. The van der Waals surface area contributed by atoms with Gasteiger partial charge in [0.1, 0.15) is 0 Å². The largest absolute Gasteiger partial charge is 0.371 e. The Morgan fingerprint density at radius 2 is 2.05 bits per heavy atom. The second-order valence-corrected chi connectivity index (χ2v) is 7.91. The van der Waals surface area contributed by atoms with Gasteiger partial charge in [-0.3, -0.25) is 4.79 Å². The van der Waals surface area contributed by atoms with Crippen LogP contribution in [-0.4, -0.2) is 30.9 Å². The number of anilines is 1. The Balaban J connectivity index is 1.76. The number of carbonyl (C=O) groups is 1. The van der Waals surface area contributed by atoms with Gasteiger partial charge in [0, 0.05) is 37.7 Å². The van der Waals surface area contributed by atoms with Crippen molar-refractivity contribution in [3.63, 3.8) is 0 Å². The minimum atomic E-state index is 0.0678. The van der Waals surface area contributed by atoms with Gasteiger partial charge in [0.2, 0.25) is 0 Å². The molecule has 1 aliphatic heterocycles. The lowest BCUT2D eigenvalue weighted by molar-refractivity contribution is 0.0786. The molecular weight excluding hydrogens is 360 g/mol. The second kappa shape index (κ2) is 6.84. The third-order valence-corrected chi connectivity index (χ3v) is 5.51. The summed E-state index contributed by atoms with van der Waals surface area (Å²) in [5.41, 5.74) is 3.23. The normalized spacial score (nSPS) is 14.4. The summed E-state index contributed by atoms with van der Waals surface area (Å²) in [4.78, 5) is 16.7. The molecule has 3 nitrogen and oxygen atoms in total. The minimum absolute atomic E-state index is 0.0678. The maximum Gasteiger partial charge on any atom is 0.254 e. The van der Waals surface area contributed by atoms with Crippen molar-refractivity contribution in [2.45, 2.75) is 19.4 Å². The van der Waals surface area contributed by atoms with E-state index in [4.69, 9.17) is 0 Å². The van der Waals surface area contributed by atoms with E-state index >= 15 is 0 Å². The average Bonchev–Trinajstić information content (AvgIpc) is 3.18. The zero-order chi connectivity index (χ0) is 15.5. The lowest BCUT2D eigenvalue weighted by Gasteiger charge is -2.24. The summed E-state index contributed by atoms with van der Waals surface area (Å²) in [6.45, 7) is 2.87. The van der Waals surface area contributed by atoms with Crippen molar-refractivity contribution in [3.8, 4) is 0 Å². The molecule has 0 bridgehead atoms. The number of para-hydroxylation sites is 1. The van der Waals surface area contributed by atoms with E-state index in [0.717, 1.165) is 22.4 Å². The van der Waals surface area contributed by atoms with Crippen LogP contribution in [0.1, 0.15) is 28.8 Å². The van der Waals surface area contributed by atoms with E-state index in [1.54, 1.807) is 16.2 Å². The first-order valence-electron chi connectivity index (χ1n) is 7.47. The quantitative estimate of drug-likeness (QED) is 0.787. The number of amides is 1. The fraction of sp³-hybridized carbons (Fsp3) is 0.353. The summed E-state index contributed by atoms with van der Waals surface area (Å²) >= 11 is 4.95. The standard InChI is InChI=1S/C17H19BrN2OS/c1-19(17(21)14-10-16(18)22-12-14)11-13-6-2-3-7-15(13)20-8-4-5-9-20/h2-3,6-7,10,12H,4-5,8-9,11H2,1H3. The molecule has 0 atom stereocenters. The highest BCUT2D eigenvalue weighted by Crippen LogP contribution is 2.26. The van der Waals surface area contributed by atoms with Gasteiger partial charge in [-0.2, -0.15) is 0 Å². The van der Waals surface area contributed by atoms with E-state index in [1.165, 1.54) is 24.1 Å². The molecule has 5 heteroatoms. The minimum Gasteiger partial charge on any atom is -0.371 e. The third-order valence-electron chi connectivity index (χ3n) is 4.01. The van der Waals surface area contributed by atoms with Crippen LogP contribution in [0, 0.1) is 0 Å². The highest BCUT2D eigenvalue weighted by Gasteiger charge is 2.18. The Morgan fingerprint density at radius 1 is 1.32 bits per heavy atom. The van der Waals surface area contributed by atoms with Gasteiger partial charge in [0.15, 0.2) is 0 Å². The van der Waals surface area contributed by atoms with Crippen LogP contribution in [-0.2, 0) is 6.54 Å². The van der Waals surface area contributed by atoms with E-state index in [-0.39, 0.29) is 5.91 Å². The van der Waals surface area contributed by atoms with E-state index in [1.807, 2.05) is 18.5 Å². The Kier molecular flexibility index (Phi) is 4.84. The summed E-state index contributed by atoms with van der Waals surface area (Å²) in [5, 5.41) is 1.90. The highest BCUT2D eigenvalue weighted by molar-refractivity contribution is 9.11. The summed E-state index contributed by atoms with van der Waals surface area (Å²) < 4.78 is 0.988. The molecule has 0 radical (unpaired) electrons. The molecule has 2 heterocycles. The van der Waals surface area contributed by atoms with Crippen LogP contribution in [0.25, 0.3) is 0 Å². The molecule has 0 unspecified atom stereocenters. The van der Waals surface area contributed by atoms with Crippen LogP contribution >= 0.6 is 27.3 Å². The number of hydrogen-bond acceptors (Lipinski definition) is 3. The average molecular weight is 379 g/mol. The molecular formula is C17H19BrN2OS. The van der Waals surface area contributed by atoms with Gasteiger partial charge in [-0.05, 0) is 46.5 Å². The van der Waals surface area contributed by atoms with Crippen molar-refractivity contribution in [3.05, 3.63) is 50.6 Å². The molecule has 1 aromatic carbocycles. The van der Waals surface area contributed by atoms with Crippen LogP contribution in [0.3, 0.4) is 0 Å². The fourth-order valence-electron chi connectivity index (χ4n) is 2.88. The third kappa shape index (κ3) is 3.36. The molecule has 0 saturated carbocycles. The Morgan fingerprint density at radius 3 is 2.73 bits per heavy atom. The number of nitrogens with zero attached hydrogens (tertiary/aromatic N) is 2. The van der Waals surface area contributed by atoms with Gasteiger partial charge in [-0.25, -0.2) is 0 Å². The molecule has 3 rings (SSSR count). The molecule has 1 amide bonds. The van der Waals surface area contributed by atoms with Gasteiger partial charge < -0.3 is 9.80 Å². The lowest BCUT2D eigenvalue weighted by atomic mass is 10.1. The van der Waals surface area contributed by atoms with Gasteiger partial charge in [0.05, 0.1) is 9.35 Å². The summed E-state index contributed by atoms with van der Waals surface area (Å²) in [5.74, 6) is 0.0678. The predicted octanol–water partition coefficient (Wildman–Crippen LogP) is 4.38. The van der Waals surface area contributed by atoms with Crippen LogP contribution in [0.4, 0.5) is 5.69 Å². The van der Waals surface area contributed by atoms with Crippen molar-refractivity contribution >= 4 is 38.9 Å². The maximum atomic E-state index is 12.5. The van der Waals surface area contributed by atoms with Gasteiger partial charge in [-0.15, -0.1) is 11.3 Å². The number of thiophene rings is 1. The van der Waals surface area contributed by atoms with Gasteiger partial charge in [-0.1, -0.05) is 18.2 Å². The van der Waals surface area contributed by atoms with Crippen LogP contribution in [0.2, 0.25) is 0 Å². The molecule has 1 aromatic heterocycles. The van der Waals surface area contributed by atoms with E-state index in [0.29, 0.717) is 6.54 Å². The van der Waals surface area contributed by atoms with E-state index in [9.17, 15) is 4.79 Å². The van der Waals surface area contributed by atoms with Crippen molar-refractivity contribution < 1.29 is 4.79 Å². The summed E-state index contributed by atoms with van der Waals surface area (Å²) in [6, 6.07) is 10.3. The van der Waals surface area contributed by atoms with Crippen molar-refractivity contribution in [2.75, 3.05) is 25.0 Å². The monoisotopic (exact) mass is 378 g/mol. The van der Waals surface area contributed by atoms with Crippen LogP contribution < -0.4 is 4.90 Å². The molecule has 1 fully saturated rings. The zero-order valence-electron chi connectivity index (χ0n) is 12.6. The smallest absolute Gasteiger partial charge is 0.254 e. The number of rotatable bonds is 4. The number of hydrogen-bond donors (Lipinski definition) is 0. The van der Waals surface area contributed by atoms with Gasteiger partial charge in [0.25, 0.3) is 5.91 Å². The SMILES string of the molecule is CN(Cc1ccccc1N1CCCC1)C(=O)c1csc(Br)c1. The maximum absolute atomic E-state index is 12.5. The first-order chi connectivity index (χ1) is 10.6. The number of carbonyl (C=O) groups excluding carboxylic acids is 1. The molecule has 2 aromatic rings. The first kappa shape index (κ1) is 15.6. The predicted molar refractivity (Wildman–Crippen MR) is 95.7 cm³/mol. The molecule has 1 saturated heterocycles. The fourth-order valence-corrected chi connectivity index (χ4v) is 4.01. The molecule has 0 N–H and O–H groups in total. The van der Waals surface area contributed by atoms with E-state index in [2.05, 4.69) is 45.1 Å². The first-order valence-corrected chi connectivity index (χ1v) is 9.15. The Bertz CT molecular complexity index is 664. The van der Waals surface area contributed by atoms with E-state index < -0.39 is 0 Å². The topological polar surface area (TPSA) is 23.6 Å².